The summed E-state index contributed by atoms with van der Waals surface area (Å²) < 4.78 is 38.7. The molecular formula is C68H91ClN12O11S. The van der Waals surface area contributed by atoms with Crippen LogP contribution in [0, 0.1) is 0 Å². The maximum absolute atomic E-state index is 12.9. The summed E-state index contributed by atoms with van der Waals surface area (Å²) in [4.78, 5) is 86.1. The Morgan fingerprint density at radius 3 is 1.40 bits per heavy atom. The first kappa shape index (κ1) is 73.4. The Labute approximate surface area is 552 Å². The van der Waals surface area contributed by atoms with E-state index in [9.17, 15) is 37.2 Å². The number of nitrogens with zero attached hydrogens (tertiary/aromatic N) is 7. The highest BCUT2D eigenvalue weighted by Crippen LogP contribution is 2.29. The van der Waals surface area contributed by atoms with Crippen molar-refractivity contribution in [3.8, 4) is 0 Å². The van der Waals surface area contributed by atoms with Gasteiger partial charge < -0.3 is 70.6 Å². The van der Waals surface area contributed by atoms with Gasteiger partial charge in [-0.3, -0.25) is 19.2 Å². The van der Waals surface area contributed by atoms with Crippen LogP contribution in [0.25, 0.3) is 10.8 Å². The number of carbonyl (C=O) groups excluding carboxylic acids is 6. The van der Waals surface area contributed by atoms with Gasteiger partial charge in [-0.25, -0.2) is 18.0 Å². The van der Waals surface area contributed by atoms with Gasteiger partial charge in [-0.2, -0.15) is 4.72 Å². The largest absolute Gasteiger partial charge is 0.444 e. The van der Waals surface area contributed by atoms with Crippen LogP contribution in [-0.2, 0) is 38.7 Å². The van der Waals surface area contributed by atoms with Crippen LogP contribution in [0.2, 0.25) is 5.02 Å². The van der Waals surface area contributed by atoms with Crippen LogP contribution in [0.1, 0.15) is 67.2 Å². The van der Waals surface area contributed by atoms with Crippen LogP contribution in [0.4, 0.5) is 55.1 Å². The van der Waals surface area contributed by atoms with Gasteiger partial charge in [0.1, 0.15) is 29.3 Å². The summed E-state index contributed by atoms with van der Waals surface area (Å²) in [5, 5.41) is 19.2. The summed E-state index contributed by atoms with van der Waals surface area (Å²) in [6.07, 6.45) is 0.582. The Balaban J connectivity index is 0.000000201. The van der Waals surface area contributed by atoms with Crippen LogP contribution in [0.5, 0.6) is 0 Å². The molecule has 7 N–H and O–H groups in total. The zero-order chi connectivity index (χ0) is 68.7. The highest BCUT2D eigenvalue weighted by Gasteiger charge is 2.37. The number of ether oxygens (including phenoxy) is 2. The molecule has 23 nitrogen and oxygen atoms in total. The molecule has 0 unspecified atom stereocenters. The minimum Gasteiger partial charge on any atom is -0.444 e. The van der Waals surface area contributed by atoms with E-state index < -0.39 is 57.4 Å². The molecule has 502 valence electrons. The molecule has 3 aliphatic heterocycles. The van der Waals surface area contributed by atoms with Crippen molar-refractivity contribution in [1.29, 1.82) is 0 Å². The Hall–Kier alpha value is -8.68. The summed E-state index contributed by atoms with van der Waals surface area (Å²) >= 11 is 5.99. The topological polar surface area (TPSA) is 272 Å². The Morgan fingerprint density at radius 2 is 0.968 bits per heavy atom. The number of nitrogens with two attached hydrogens (primary N) is 1. The van der Waals surface area contributed by atoms with Gasteiger partial charge in [0, 0.05) is 133 Å². The van der Waals surface area contributed by atoms with Crippen LogP contribution in [-0.4, -0.2) is 167 Å². The third-order valence-corrected chi connectivity index (χ3v) is 16.5. The third-order valence-electron chi connectivity index (χ3n) is 14.8. The molecule has 0 bridgehead atoms. The summed E-state index contributed by atoms with van der Waals surface area (Å²) in [6.45, 7) is 12.1. The van der Waals surface area contributed by atoms with Crippen molar-refractivity contribution in [2.45, 2.75) is 107 Å². The molecule has 0 radical (unpaired) electrons. The molecule has 6 aromatic carbocycles. The molecule has 93 heavy (non-hydrogen) atoms. The molecule has 6 aromatic rings. The molecular weight excluding hydrogens is 1230 g/mol. The second kappa shape index (κ2) is 32.2. The molecule has 3 saturated heterocycles. The van der Waals surface area contributed by atoms with Gasteiger partial charge in [-0.05, 0) is 199 Å². The van der Waals surface area contributed by atoms with E-state index in [1.807, 2.05) is 161 Å². The SMILES string of the molecule is CN(C)c1ccc(N2CC[C@H](N)C2=O)cc1.CN(C)c1ccc(N2CC[C@H](NC(=O)OC(C)(C)C)C2=O)cc1.CN(C)c1ccc(N2CC[C@H](NS(=O)(=O)c3ccc4cc(Cl)ccc4c3)C2=O)cc1.CN(C)c1ccc(NC(=O)[C@H](CCO)NC(=O)OC(C)(C)C)cc1. The number of sulfonamides is 1. The molecule has 25 heteroatoms. The van der Waals surface area contributed by atoms with Crippen LogP contribution in [0.3, 0.4) is 0 Å². The van der Waals surface area contributed by atoms with Gasteiger partial charge >= 0.3 is 12.2 Å². The van der Waals surface area contributed by atoms with E-state index in [0.717, 1.165) is 63.5 Å². The fourth-order valence-corrected chi connectivity index (χ4v) is 11.3. The average molecular weight is 1320 g/mol. The van der Waals surface area contributed by atoms with Crippen LogP contribution >= 0.6 is 11.6 Å². The lowest BCUT2D eigenvalue weighted by Crippen LogP contribution is -2.46. The van der Waals surface area contributed by atoms with Gasteiger partial charge in [0.2, 0.25) is 33.7 Å². The molecule has 9 rings (SSSR count). The Morgan fingerprint density at radius 1 is 0.570 bits per heavy atom. The van der Waals surface area contributed by atoms with Crippen molar-refractivity contribution < 1.29 is 51.8 Å². The smallest absolute Gasteiger partial charge is 0.408 e. The van der Waals surface area contributed by atoms with Crippen molar-refractivity contribution in [1.82, 2.24) is 15.4 Å². The van der Waals surface area contributed by atoms with Crippen LogP contribution < -0.4 is 60.7 Å². The summed E-state index contributed by atoms with van der Waals surface area (Å²) in [7, 11) is 11.8. The minimum atomic E-state index is -3.84. The maximum Gasteiger partial charge on any atom is 0.408 e. The number of hydrogen-bond donors (Lipinski definition) is 6. The van der Waals surface area contributed by atoms with E-state index in [1.54, 1.807) is 98.7 Å². The van der Waals surface area contributed by atoms with E-state index >= 15 is 0 Å². The first-order valence-electron chi connectivity index (χ1n) is 30.5. The zero-order valence-corrected chi connectivity index (χ0v) is 57.3. The first-order chi connectivity index (χ1) is 43.6. The number of anilines is 8. The number of fused-ring (bicyclic) bond motifs is 1. The summed E-state index contributed by atoms with van der Waals surface area (Å²) in [5.74, 6) is -0.734. The predicted molar refractivity (Wildman–Crippen MR) is 372 cm³/mol. The summed E-state index contributed by atoms with van der Waals surface area (Å²) in [6, 6.07) is 38.2. The number of alkyl carbamates (subject to hydrolysis) is 2. The molecule has 0 aliphatic carbocycles. The third kappa shape index (κ3) is 21.4. The Bertz CT molecular complexity index is 3640. The van der Waals surface area contributed by atoms with Crippen LogP contribution in [0.15, 0.2) is 138 Å². The quantitative estimate of drug-likeness (QED) is 0.0528. The van der Waals surface area contributed by atoms with E-state index in [1.165, 1.54) is 6.07 Å². The number of nitrogens with one attached hydrogen (secondary N) is 4. The van der Waals surface area contributed by atoms with E-state index in [0.29, 0.717) is 36.6 Å². The van der Waals surface area contributed by atoms with Gasteiger partial charge in [-0.15, -0.1) is 0 Å². The minimum absolute atomic E-state index is 0.0256. The van der Waals surface area contributed by atoms with Gasteiger partial charge in [0.15, 0.2) is 0 Å². The molecule has 0 saturated carbocycles. The normalized spacial score (nSPS) is 16.6. The fourth-order valence-electron chi connectivity index (χ4n) is 9.85. The van der Waals surface area contributed by atoms with Crippen molar-refractivity contribution in [3.05, 3.63) is 138 Å². The molecule has 0 aromatic heterocycles. The number of rotatable bonds is 16. The molecule has 3 fully saturated rings. The fraction of sp³-hybridized carbons (Fsp3) is 0.412. The van der Waals surface area contributed by atoms with Gasteiger partial charge in [0.05, 0.1) is 10.9 Å². The second-order valence-electron chi connectivity index (χ2n) is 25.3. The number of amides is 6. The number of carbonyl (C=O) groups is 6. The number of halogens is 1. The molecule has 6 amide bonds. The summed E-state index contributed by atoms with van der Waals surface area (Å²) in [5.41, 5.74) is 11.8. The predicted octanol–water partition coefficient (Wildman–Crippen LogP) is 8.81. The Kier molecular flexibility index (Phi) is 25.4. The lowest BCUT2D eigenvalue weighted by Gasteiger charge is -2.23. The number of aliphatic hydroxyl groups excluding tert-OH is 1. The lowest BCUT2D eigenvalue weighted by molar-refractivity contribution is -0.119. The first-order valence-corrected chi connectivity index (χ1v) is 32.4. The lowest BCUT2D eigenvalue weighted by atomic mass is 10.1. The van der Waals surface area contributed by atoms with Gasteiger partial charge in [-0.1, -0.05) is 23.7 Å². The van der Waals surface area contributed by atoms with Crippen molar-refractivity contribution in [2.24, 2.45) is 5.73 Å². The molecule has 3 heterocycles. The standard InChI is InChI=1S/C22H22ClN3O3S.C17H27N3O4.C17H25N3O3.C12H17N3O/c1-25(2)18-6-8-19(9-7-18)26-12-11-21(22(26)27)24-30(28,29)20-10-4-15-13-17(23)5-3-16(15)14-20;1-17(2,3)24-16(23)19-14(10-11-21)15(22)18-12-6-8-13(9-7-12)20(4)5;1-17(2,3)23-16(22)18-14-10-11-20(15(14)21)13-8-6-12(7-9-13)19(4)5;1-14(2)9-3-5-10(6-4-9)15-8-7-11(13)12(15)16/h3-10,13-14,21,24H,11-12H2,1-2H3;6-9,14,21H,10-11H2,1-5H3,(H,18,22)(H,19,23);6-9,14H,10-11H2,1-5H3,(H,18,22);3-6,11H,7-8,13H2,1-2H3/t21-;2*14-;11-/m0000/s1. The number of aliphatic hydroxyl groups is 1. The van der Waals surface area contributed by atoms with E-state index in [-0.39, 0.29) is 41.7 Å². The van der Waals surface area contributed by atoms with E-state index in [4.69, 9.17) is 31.9 Å². The maximum atomic E-state index is 12.9. The molecule has 0 spiro atoms. The average Bonchev–Trinajstić information content (AvgIpc) is 1.83. The monoisotopic (exact) mass is 1320 g/mol. The van der Waals surface area contributed by atoms with E-state index in [2.05, 4.69) is 20.7 Å². The second-order valence-corrected chi connectivity index (χ2v) is 27.5. The highest BCUT2D eigenvalue weighted by atomic mass is 35.5. The highest BCUT2D eigenvalue weighted by molar-refractivity contribution is 7.89. The van der Waals surface area contributed by atoms with Gasteiger partial charge in [0.25, 0.3) is 0 Å². The molecule has 4 atom stereocenters. The van der Waals surface area contributed by atoms with Crippen molar-refractivity contribution in [3.63, 3.8) is 0 Å². The molecule has 3 aliphatic rings. The number of hydrogen-bond acceptors (Lipinski definition) is 16. The number of benzene rings is 6. The zero-order valence-electron chi connectivity index (χ0n) is 55.7. The van der Waals surface area contributed by atoms with Crippen molar-refractivity contribution >= 4 is 114 Å². The van der Waals surface area contributed by atoms with Crippen molar-refractivity contribution in [2.75, 3.05) is 122 Å².